The molecule has 1 aromatic rings. The summed E-state index contributed by atoms with van der Waals surface area (Å²) in [6.45, 7) is 0. The Labute approximate surface area is 104 Å². The molecule has 1 aliphatic rings. The van der Waals surface area contributed by atoms with E-state index in [-0.39, 0.29) is 6.04 Å². The first kappa shape index (κ1) is 12.1. The number of nitrogens with zero attached hydrogens (tertiary/aromatic N) is 2. The smallest absolute Gasteiger partial charge is 0.161 e. The van der Waals surface area contributed by atoms with E-state index < -0.39 is 0 Å². The van der Waals surface area contributed by atoms with Crippen molar-refractivity contribution in [2.45, 2.75) is 11.3 Å². The average Bonchev–Trinajstić information content (AvgIpc) is 2.70. The number of methoxy groups -OCH3 is 1. The summed E-state index contributed by atoms with van der Waals surface area (Å²) in [5.74, 6) is 4.32. The summed E-state index contributed by atoms with van der Waals surface area (Å²) in [6.07, 6.45) is 1.73. The highest BCUT2D eigenvalue weighted by molar-refractivity contribution is 8.06. The minimum absolute atomic E-state index is 0.000231. The molecule has 0 aromatic carbocycles. The quantitative estimate of drug-likeness (QED) is 0.886. The Morgan fingerprint density at radius 3 is 3.06 bits per heavy atom. The number of hydrogen-bond donors (Lipinski definition) is 1. The Bertz CT molecular complexity index is 350. The summed E-state index contributed by atoms with van der Waals surface area (Å²) in [5, 5.41) is 4.66. The third-order valence-electron chi connectivity index (χ3n) is 2.73. The van der Waals surface area contributed by atoms with Crippen LogP contribution in [0.3, 0.4) is 0 Å². The van der Waals surface area contributed by atoms with Gasteiger partial charge < -0.3 is 10.5 Å². The maximum atomic E-state index is 6.32. The van der Waals surface area contributed by atoms with Crippen LogP contribution in [0, 0.1) is 0 Å². The Morgan fingerprint density at radius 1 is 1.62 bits per heavy atom. The lowest BCUT2D eigenvalue weighted by molar-refractivity contribution is 0.403. The molecule has 0 radical (unpaired) electrons. The molecule has 2 rings (SSSR count). The fraction of sp³-hybridized carbons (Fsp3) is 0.700. The number of aromatic nitrogens is 2. The van der Waals surface area contributed by atoms with Gasteiger partial charge in [0.2, 0.25) is 0 Å². The number of rotatable bonds is 3. The normalized spacial score (nSPS) is 23.1. The van der Waals surface area contributed by atoms with Crippen LogP contribution in [0.25, 0.3) is 0 Å². The number of aryl methyl sites for hydroxylation is 1. The van der Waals surface area contributed by atoms with Crippen molar-refractivity contribution in [1.82, 2.24) is 9.78 Å². The van der Waals surface area contributed by atoms with E-state index >= 15 is 0 Å². The molecule has 0 saturated carbocycles. The van der Waals surface area contributed by atoms with Crippen molar-refractivity contribution in [3.63, 3.8) is 0 Å². The molecule has 1 saturated heterocycles. The zero-order valence-electron chi connectivity index (χ0n) is 9.55. The molecule has 90 valence electrons. The third-order valence-corrected chi connectivity index (χ3v) is 5.61. The van der Waals surface area contributed by atoms with Gasteiger partial charge in [-0.25, -0.2) is 0 Å². The second kappa shape index (κ2) is 5.33. The Balaban J connectivity index is 2.18. The highest BCUT2D eigenvalue weighted by Crippen LogP contribution is 2.35. The summed E-state index contributed by atoms with van der Waals surface area (Å²) < 4.78 is 7.12. The second-order valence-electron chi connectivity index (χ2n) is 3.73. The van der Waals surface area contributed by atoms with Gasteiger partial charge in [-0.1, -0.05) is 0 Å². The Morgan fingerprint density at radius 2 is 2.44 bits per heavy atom. The molecular weight excluding hydrogens is 242 g/mol. The van der Waals surface area contributed by atoms with E-state index in [9.17, 15) is 0 Å². The van der Waals surface area contributed by atoms with Crippen molar-refractivity contribution < 1.29 is 4.74 Å². The first-order valence-electron chi connectivity index (χ1n) is 5.25. The fourth-order valence-corrected chi connectivity index (χ4v) is 4.63. The van der Waals surface area contributed by atoms with E-state index in [4.69, 9.17) is 10.5 Å². The molecule has 1 aliphatic heterocycles. The van der Waals surface area contributed by atoms with E-state index in [1.165, 1.54) is 11.5 Å². The summed E-state index contributed by atoms with van der Waals surface area (Å²) in [4.78, 5) is 0. The standard InChI is InChI=1S/C10H17N3OS2/c1-13-10(7(14-2)5-12-13)9(11)8-6-15-3-4-16-8/h5,8-9H,3-4,6,11H2,1-2H3. The van der Waals surface area contributed by atoms with Crippen molar-refractivity contribution in [2.75, 3.05) is 24.4 Å². The molecule has 2 atom stereocenters. The first-order chi connectivity index (χ1) is 7.74. The molecule has 0 bridgehead atoms. The summed E-state index contributed by atoms with van der Waals surface area (Å²) >= 11 is 3.93. The van der Waals surface area contributed by atoms with Crippen LogP contribution < -0.4 is 10.5 Å². The second-order valence-corrected chi connectivity index (χ2v) is 6.23. The Hall–Kier alpha value is -0.330. The largest absolute Gasteiger partial charge is 0.493 e. The van der Waals surface area contributed by atoms with Crippen LogP contribution >= 0.6 is 23.5 Å². The molecule has 4 nitrogen and oxygen atoms in total. The summed E-state index contributed by atoms with van der Waals surface area (Å²) in [5.41, 5.74) is 7.32. The lowest BCUT2D eigenvalue weighted by Crippen LogP contribution is -2.30. The van der Waals surface area contributed by atoms with E-state index in [1.54, 1.807) is 13.3 Å². The van der Waals surface area contributed by atoms with E-state index in [0.717, 1.165) is 17.2 Å². The predicted octanol–water partition coefficient (Wildman–Crippen LogP) is 1.28. The number of nitrogens with two attached hydrogens (primary N) is 1. The van der Waals surface area contributed by atoms with Crippen molar-refractivity contribution in [1.29, 1.82) is 0 Å². The maximum Gasteiger partial charge on any atom is 0.161 e. The number of thioether (sulfide) groups is 2. The van der Waals surface area contributed by atoms with E-state index in [1.807, 2.05) is 35.3 Å². The minimum atomic E-state index is 0.000231. The lowest BCUT2D eigenvalue weighted by atomic mass is 10.1. The van der Waals surface area contributed by atoms with Gasteiger partial charge in [0.15, 0.2) is 5.75 Å². The van der Waals surface area contributed by atoms with Crippen molar-refractivity contribution in [3.05, 3.63) is 11.9 Å². The molecular formula is C10H17N3OS2. The maximum absolute atomic E-state index is 6.32. The van der Waals surface area contributed by atoms with Crippen LogP contribution in [-0.2, 0) is 7.05 Å². The third kappa shape index (κ3) is 2.33. The molecule has 16 heavy (non-hydrogen) atoms. The van der Waals surface area contributed by atoms with Crippen LogP contribution in [0.1, 0.15) is 11.7 Å². The molecule has 0 spiro atoms. The van der Waals surface area contributed by atoms with Crippen molar-refractivity contribution >= 4 is 23.5 Å². The SMILES string of the molecule is COc1cnn(C)c1C(N)C1CSCCS1. The average molecular weight is 259 g/mol. The van der Waals surface area contributed by atoms with Crippen LogP contribution in [0.2, 0.25) is 0 Å². The van der Waals surface area contributed by atoms with Gasteiger partial charge in [-0.3, -0.25) is 4.68 Å². The molecule has 2 heterocycles. The van der Waals surface area contributed by atoms with Gasteiger partial charge in [-0.05, 0) is 0 Å². The summed E-state index contributed by atoms with van der Waals surface area (Å²) in [7, 11) is 3.58. The highest BCUT2D eigenvalue weighted by atomic mass is 32.2. The topological polar surface area (TPSA) is 53.1 Å². The first-order valence-corrected chi connectivity index (χ1v) is 7.45. The molecule has 0 aliphatic carbocycles. The van der Waals surface area contributed by atoms with Crippen LogP contribution in [0.4, 0.5) is 0 Å². The highest BCUT2D eigenvalue weighted by Gasteiger charge is 2.27. The van der Waals surface area contributed by atoms with Gasteiger partial charge in [-0.2, -0.15) is 28.6 Å². The van der Waals surface area contributed by atoms with Gasteiger partial charge in [0, 0.05) is 29.6 Å². The number of ether oxygens (including phenoxy) is 1. The van der Waals surface area contributed by atoms with Crippen LogP contribution in [0.15, 0.2) is 6.20 Å². The molecule has 1 aromatic heterocycles. The molecule has 2 N–H and O–H groups in total. The molecule has 1 fully saturated rings. The van der Waals surface area contributed by atoms with E-state index in [0.29, 0.717) is 5.25 Å². The monoisotopic (exact) mass is 259 g/mol. The fourth-order valence-electron chi connectivity index (χ4n) is 1.85. The van der Waals surface area contributed by atoms with Crippen LogP contribution in [0.5, 0.6) is 5.75 Å². The van der Waals surface area contributed by atoms with Gasteiger partial charge >= 0.3 is 0 Å². The lowest BCUT2D eigenvalue weighted by Gasteiger charge is -2.27. The molecule has 6 heteroatoms. The van der Waals surface area contributed by atoms with E-state index in [2.05, 4.69) is 5.10 Å². The minimum Gasteiger partial charge on any atom is -0.493 e. The predicted molar refractivity (Wildman–Crippen MR) is 70.3 cm³/mol. The van der Waals surface area contributed by atoms with Gasteiger partial charge in [0.25, 0.3) is 0 Å². The zero-order chi connectivity index (χ0) is 11.5. The van der Waals surface area contributed by atoms with Gasteiger partial charge in [0.05, 0.1) is 25.0 Å². The summed E-state index contributed by atoms with van der Waals surface area (Å²) in [6, 6.07) is 0.000231. The van der Waals surface area contributed by atoms with Crippen molar-refractivity contribution in [2.24, 2.45) is 12.8 Å². The Kier molecular flexibility index (Phi) is 4.05. The van der Waals surface area contributed by atoms with Crippen molar-refractivity contribution in [3.8, 4) is 5.75 Å². The molecule has 2 unspecified atom stereocenters. The van der Waals surface area contributed by atoms with Gasteiger partial charge in [0.1, 0.15) is 0 Å². The zero-order valence-corrected chi connectivity index (χ0v) is 11.2. The van der Waals surface area contributed by atoms with Crippen LogP contribution in [-0.4, -0.2) is 39.4 Å². The number of hydrogen-bond acceptors (Lipinski definition) is 5. The molecule has 0 amide bonds. The van der Waals surface area contributed by atoms with Gasteiger partial charge in [-0.15, -0.1) is 0 Å².